The number of hydrogen-bond acceptors (Lipinski definition) is 4. The van der Waals surface area contributed by atoms with Crippen LogP contribution in [0.5, 0.6) is 0 Å². The summed E-state index contributed by atoms with van der Waals surface area (Å²) in [5.74, 6) is -0.247. The van der Waals surface area contributed by atoms with Crippen molar-refractivity contribution >= 4 is 11.9 Å². The largest absolute Gasteiger partial charge is 0.469 e. The molecular formula is C13H16N2O3. The SMILES string of the molecule is COC(=O)C1CCN(C(=O)c2ccncc2)CC1. The van der Waals surface area contributed by atoms with Gasteiger partial charge in [0.05, 0.1) is 13.0 Å². The molecule has 0 radical (unpaired) electrons. The molecule has 2 heterocycles. The Morgan fingerprint density at radius 1 is 1.28 bits per heavy atom. The number of amides is 1. The van der Waals surface area contributed by atoms with Crippen molar-refractivity contribution in [3.8, 4) is 0 Å². The van der Waals surface area contributed by atoms with Gasteiger partial charge in [-0.15, -0.1) is 0 Å². The van der Waals surface area contributed by atoms with Gasteiger partial charge in [0.1, 0.15) is 0 Å². The van der Waals surface area contributed by atoms with Gasteiger partial charge in [-0.3, -0.25) is 14.6 Å². The molecule has 5 nitrogen and oxygen atoms in total. The van der Waals surface area contributed by atoms with Gasteiger partial charge in [-0.2, -0.15) is 0 Å². The van der Waals surface area contributed by atoms with Crippen LogP contribution in [0.25, 0.3) is 0 Å². The molecule has 0 atom stereocenters. The third kappa shape index (κ3) is 2.67. The average molecular weight is 248 g/mol. The molecule has 0 aliphatic carbocycles. The molecule has 1 aromatic heterocycles. The number of carbonyl (C=O) groups excluding carboxylic acids is 2. The topological polar surface area (TPSA) is 59.5 Å². The predicted molar refractivity (Wildman–Crippen MR) is 64.9 cm³/mol. The minimum absolute atomic E-state index is 0.000663. The Morgan fingerprint density at radius 3 is 2.44 bits per heavy atom. The second kappa shape index (κ2) is 5.62. The number of hydrogen-bond donors (Lipinski definition) is 0. The highest BCUT2D eigenvalue weighted by Gasteiger charge is 2.28. The maximum atomic E-state index is 12.1. The molecule has 1 fully saturated rings. The summed E-state index contributed by atoms with van der Waals surface area (Å²) in [6.07, 6.45) is 4.55. The van der Waals surface area contributed by atoms with Crippen LogP contribution in [-0.4, -0.2) is 42.0 Å². The van der Waals surface area contributed by atoms with Gasteiger partial charge < -0.3 is 9.64 Å². The number of likely N-dealkylation sites (tertiary alicyclic amines) is 1. The third-order valence-electron chi connectivity index (χ3n) is 3.24. The Bertz CT molecular complexity index is 425. The van der Waals surface area contributed by atoms with Crippen LogP contribution in [0.2, 0.25) is 0 Å². The number of carbonyl (C=O) groups is 2. The molecule has 0 aromatic carbocycles. The van der Waals surface area contributed by atoms with E-state index in [9.17, 15) is 9.59 Å². The first kappa shape index (κ1) is 12.5. The van der Waals surface area contributed by atoms with E-state index in [2.05, 4.69) is 4.98 Å². The zero-order valence-electron chi connectivity index (χ0n) is 10.3. The van der Waals surface area contributed by atoms with Gasteiger partial charge in [-0.05, 0) is 25.0 Å². The van der Waals surface area contributed by atoms with Crippen molar-refractivity contribution in [1.82, 2.24) is 9.88 Å². The van der Waals surface area contributed by atoms with Crippen molar-refractivity contribution in [2.24, 2.45) is 5.92 Å². The molecule has 1 aliphatic rings. The maximum absolute atomic E-state index is 12.1. The van der Waals surface area contributed by atoms with Crippen LogP contribution in [-0.2, 0) is 9.53 Å². The molecule has 1 aliphatic heterocycles. The van der Waals surface area contributed by atoms with Gasteiger partial charge in [0, 0.05) is 31.0 Å². The second-order valence-corrected chi connectivity index (χ2v) is 4.33. The summed E-state index contributed by atoms with van der Waals surface area (Å²) in [5, 5.41) is 0. The fourth-order valence-corrected chi connectivity index (χ4v) is 2.16. The van der Waals surface area contributed by atoms with E-state index in [1.807, 2.05) is 0 Å². The molecular weight excluding hydrogens is 232 g/mol. The summed E-state index contributed by atoms with van der Waals surface area (Å²) in [4.78, 5) is 29.2. The normalized spacial score (nSPS) is 16.4. The van der Waals surface area contributed by atoms with E-state index >= 15 is 0 Å². The molecule has 1 aromatic rings. The highest BCUT2D eigenvalue weighted by molar-refractivity contribution is 5.94. The molecule has 0 spiro atoms. The van der Waals surface area contributed by atoms with E-state index in [-0.39, 0.29) is 17.8 Å². The number of ether oxygens (including phenoxy) is 1. The number of rotatable bonds is 2. The summed E-state index contributed by atoms with van der Waals surface area (Å²) >= 11 is 0. The van der Waals surface area contributed by atoms with Crippen molar-refractivity contribution in [3.05, 3.63) is 30.1 Å². The van der Waals surface area contributed by atoms with Gasteiger partial charge in [-0.1, -0.05) is 0 Å². The van der Waals surface area contributed by atoms with Gasteiger partial charge in [0.15, 0.2) is 0 Å². The molecule has 1 saturated heterocycles. The number of aromatic nitrogens is 1. The molecule has 18 heavy (non-hydrogen) atoms. The monoisotopic (exact) mass is 248 g/mol. The molecule has 2 rings (SSSR count). The minimum Gasteiger partial charge on any atom is -0.469 e. The first-order valence-electron chi connectivity index (χ1n) is 5.99. The summed E-state index contributed by atoms with van der Waals surface area (Å²) in [6, 6.07) is 3.41. The standard InChI is InChI=1S/C13H16N2O3/c1-18-13(17)11-4-8-15(9-5-11)12(16)10-2-6-14-7-3-10/h2-3,6-7,11H,4-5,8-9H2,1H3. The van der Waals surface area contributed by atoms with Gasteiger partial charge >= 0.3 is 5.97 Å². The van der Waals surface area contributed by atoms with Crippen molar-refractivity contribution in [1.29, 1.82) is 0 Å². The van der Waals surface area contributed by atoms with Crippen LogP contribution >= 0.6 is 0 Å². The average Bonchev–Trinajstić information content (AvgIpc) is 2.47. The Morgan fingerprint density at radius 2 is 1.89 bits per heavy atom. The maximum Gasteiger partial charge on any atom is 0.308 e. The Labute approximate surface area is 106 Å². The number of piperidine rings is 1. The predicted octanol–water partition coefficient (Wildman–Crippen LogP) is 1.11. The van der Waals surface area contributed by atoms with E-state index in [1.165, 1.54) is 7.11 Å². The molecule has 0 saturated carbocycles. The lowest BCUT2D eigenvalue weighted by Crippen LogP contribution is -2.40. The summed E-state index contributed by atoms with van der Waals surface area (Å²) < 4.78 is 4.72. The number of pyridine rings is 1. The third-order valence-corrected chi connectivity index (χ3v) is 3.24. The van der Waals surface area contributed by atoms with Crippen molar-refractivity contribution in [2.45, 2.75) is 12.8 Å². The zero-order valence-corrected chi connectivity index (χ0v) is 10.3. The number of esters is 1. The van der Waals surface area contributed by atoms with Crippen molar-refractivity contribution in [2.75, 3.05) is 20.2 Å². The summed E-state index contributed by atoms with van der Waals surface area (Å²) in [7, 11) is 1.40. The lowest BCUT2D eigenvalue weighted by Gasteiger charge is -2.30. The smallest absolute Gasteiger partial charge is 0.308 e. The van der Waals surface area contributed by atoms with Gasteiger partial charge in [-0.25, -0.2) is 0 Å². The first-order chi connectivity index (χ1) is 8.72. The second-order valence-electron chi connectivity index (χ2n) is 4.33. The van der Waals surface area contributed by atoms with Crippen LogP contribution in [0, 0.1) is 5.92 Å². The Balaban J connectivity index is 1.94. The Hall–Kier alpha value is -1.91. The summed E-state index contributed by atoms with van der Waals surface area (Å²) in [6.45, 7) is 1.20. The molecule has 0 N–H and O–H groups in total. The minimum atomic E-state index is -0.175. The Kier molecular flexibility index (Phi) is 3.92. The van der Waals surface area contributed by atoms with Gasteiger partial charge in [0.2, 0.25) is 0 Å². The van der Waals surface area contributed by atoms with Crippen LogP contribution in [0.15, 0.2) is 24.5 Å². The van der Waals surface area contributed by atoms with E-state index < -0.39 is 0 Å². The van der Waals surface area contributed by atoms with E-state index in [1.54, 1.807) is 29.4 Å². The lowest BCUT2D eigenvalue weighted by atomic mass is 9.96. The molecule has 0 bridgehead atoms. The number of methoxy groups -OCH3 is 1. The highest BCUT2D eigenvalue weighted by atomic mass is 16.5. The zero-order chi connectivity index (χ0) is 13.0. The van der Waals surface area contributed by atoms with Gasteiger partial charge in [0.25, 0.3) is 5.91 Å². The first-order valence-corrected chi connectivity index (χ1v) is 5.99. The molecule has 5 heteroatoms. The lowest BCUT2D eigenvalue weighted by molar-refractivity contribution is -0.146. The van der Waals surface area contributed by atoms with Crippen LogP contribution < -0.4 is 0 Å². The van der Waals surface area contributed by atoms with Crippen LogP contribution in [0.3, 0.4) is 0 Å². The summed E-state index contributed by atoms with van der Waals surface area (Å²) in [5.41, 5.74) is 0.640. The van der Waals surface area contributed by atoms with Crippen molar-refractivity contribution in [3.63, 3.8) is 0 Å². The molecule has 0 unspecified atom stereocenters. The quantitative estimate of drug-likeness (QED) is 0.735. The van der Waals surface area contributed by atoms with Crippen LogP contribution in [0.4, 0.5) is 0 Å². The fraction of sp³-hybridized carbons (Fsp3) is 0.462. The molecule has 96 valence electrons. The van der Waals surface area contributed by atoms with E-state index in [0.717, 1.165) is 0 Å². The highest BCUT2D eigenvalue weighted by Crippen LogP contribution is 2.19. The van der Waals surface area contributed by atoms with E-state index in [4.69, 9.17) is 4.74 Å². The van der Waals surface area contributed by atoms with Crippen molar-refractivity contribution < 1.29 is 14.3 Å². The van der Waals surface area contributed by atoms with E-state index in [0.29, 0.717) is 31.5 Å². The fourth-order valence-electron chi connectivity index (χ4n) is 2.16. The number of nitrogens with zero attached hydrogens (tertiary/aromatic N) is 2. The molecule has 1 amide bonds. The van der Waals surface area contributed by atoms with Crippen LogP contribution in [0.1, 0.15) is 23.2 Å².